The van der Waals surface area contributed by atoms with Crippen molar-refractivity contribution in [2.75, 3.05) is 5.32 Å². The molecule has 3 heterocycles. The number of rotatable bonds is 3. The molecule has 0 fully saturated rings. The minimum absolute atomic E-state index is 0.500. The highest BCUT2D eigenvalue weighted by Gasteiger charge is 2.08. The average Bonchev–Trinajstić information content (AvgIpc) is 2.97. The van der Waals surface area contributed by atoms with E-state index < -0.39 is 5.60 Å². The van der Waals surface area contributed by atoms with Crippen LogP contribution in [0.2, 0.25) is 0 Å². The van der Waals surface area contributed by atoms with E-state index >= 15 is 0 Å². The van der Waals surface area contributed by atoms with E-state index in [1.54, 1.807) is 33.2 Å². The van der Waals surface area contributed by atoms with Gasteiger partial charge in [0.05, 0.1) is 17.0 Å². The number of aryl methyl sites for hydroxylation is 2. The number of nitrogens with zero attached hydrogens (tertiary/aromatic N) is 3. The highest BCUT2D eigenvalue weighted by atomic mass is 16.3. The Balaban J connectivity index is 0.000000399. The summed E-state index contributed by atoms with van der Waals surface area (Å²) in [6.45, 7) is 9.26. The van der Waals surface area contributed by atoms with Crippen LogP contribution < -0.4 is 5.32 Å². The summed E-state index contributed by atoms with van der Waals surface area (Å²) in [7, 11) is 0. The number of nitrogens with one attached hydrogen (secondary N) is 2. The first-order chi connectivity index (χ1) is 11.7. The Labute approximate surface area is 148 Å². The van der Waals surface area contributed by atoms with Gasteiger partial charge in [-0.2, -0.15) is 5.10 Å². The second kappa shape index (κ2) is 7.90. The van der Waals surface area contributed by atoms with Gasteiger partial charge in [0.25, 0.3) is 0 Å². The molecule has 0 spiro atoms. The molecule has 3 N–H and O–H groups in total. The van der Waals surface area contributed by atoms with Crippen LogP contribution in [0.3, 0.4) is 0 Å². The number of aliphatic hydroxyl groups is 1. The quantitative estimate of drug-likeness (QED) is 0.671. The lowest BCUT2D eigenvalue weighted by Crippen LogP contribution is -2.10. The van der Waals surface area contributed by atoms with Crippen molar-refractivity contribution in [2.45, 2.75) is 40.2 Å². The SMILES string of the molecule is CC(C)(C)O.Cc1cccnc1Nc1cc(-c2ncccc2C)[nH]n1. The topological polar surface area (TPSA) is 86.7 Å². The van der Waals surface area contributed by atoms with Crippen LogP contribution in [-0.2, 0) is 0 Å². The van der Waals surface area contributed by atoms with Crippen LogP contribution in [0.1, 0.15) is 31.9 Å². The first kappa shape index (κ1) is 18.6. The number of aromatic nitrogens is 4. The van der Waals surface area contributed by atoms with Gasteiger partial charge in [0.1, 0.15) is 5.82 Å². The van der Waals surface area contributed by atoms with Crippen molar-refractivity contribution in [1.82, 2.24) is 20.2 Å². The molecule has 132 valence electrons. The van der Waals surface area contributed by atoms with Gasteiger partial charge in [-0.1, -0.05) is 12.1 Å². The van der Waals surface area contributed by atoms with Gasteiger partial charge in [-0.05, 0) is 57.9 Å². The van der Waals surface area contributed by atoms with Gasteiger partial charge in [0.15, 0.2) is 5.82 Å². The van der Waals surface area contributed by atoms with Crippen LogP contribution in [-0.4, -0.2) is 30.9 Å². The molecule has 3 aromatic rings. The van der Waals surface area contributed by atoms with E-state index in [0.29, 0.717) is 0 Å². The van der Waals surface area contributed by atoms with Gasteiger partial charge in [-0.15, -0.1) is 0 Å². The highest BCUT2D eigenvalue weighted by molar-refractivity contribution is 5.65. The van der Waals surface area contributed by atoms with Crippen LogP contribution in [0.15, 0.2) is 42.7 Å². The number of pyridine rings is 2. The molecule has 6 heteroatoms. The summed E-state index contributed by atoms with van der Waals surface area (Å²) < 4.78 is 0. The predicted molar refractivity (Wildman–Crippen MR) is 101 cm³/mol. The van der Waals surface area contributed by atoms with E-state index in [-0.39, 0.29) is 0 Å². The molecule has 0 saturated heterocycles. The molecule has 3 rings (SSSR count). The summed E-state index contributed by atoms with van der Waals surface area (Å²) in [6.07, 6.45) is 3.53. The third kappa shape index (κ3) is 6.00. The first-order valence-electron chi connectivity index (χ1n) is 8.12. The Morgan fingerprint density at radius 3 is 2.20 bits per heavy atom. The lowest BCUT2D eigenvalue weighted by atomic mass is 10.2. The summed E-state index contributed by atoms with van der Waals surface area (Å²) >= 11 is 0. The van der Waals surface area contributed by atoms with Crippen LogP contribution in [0.4, 0.5) is 11.6 Å². The lowest BCUT2D eigenvalue weighted by Gasteiger charge is -2.04. The molecule has 0 radical (unpaired) electrons. The van der Waals surface area contributed by atoms with Crippen LogP contribution in [0.25, 0.3) is 11.4 Å². The van der Waals surface area contributed by atoms with Crippen molar-refractivity contribution in [1.29, 1.82) is 0 Å². The fraction of sp³-hybridized carbons (Fsp3) is 0.316. The molecule has 0 aliphatic rings. The van der Waals surface area contributed by atoms with E-state index in [2.05, 4.69) is 25.5 Å². The molecule has 0 aliphatic carbocycles. The van der Waals surface area contributed by atoms with E-state index in [9.17, 15) is 0 Å². The summed E-state index contributed by atoms with van der Waals surface area (Å²) in [5.41, 5.74) is 3.48. The molecule has 25 heavy (non-hydrogen) atoms. The molecule has 0 aromatic carbocycles. The summed E-state index contributed by atoms with van der Waals surface area (Å²) in [5, 5.41) is 19.0. The van der Waals surface area contributed by atoms with Gasteiger partial charge in [0.2, 0.25) is 0 Å². The van der Waals surface area contributed by atoms with Gasteiger partial charge in [-0.25, -0.2) is 4.98 Å². The largest absolute Gasteiger partial charge is 0.391 e. The molecule has 0 bridgehead atoms. The van der Waals surface area contributed by atoms with Crippen LogP contribution in [0, 0.1) is 13.8 Å². The molecule has 0 aliphatic heterocycles. The standard InChI is InChI=1S/C15H15N5.C4H10O/c1-10-5-3-7-16-14(10)12-9-13(20-19-12)18-15-11(2)6-4-8-17-15;1-4(2,3)5/h3-9H,1-2H3,(H2,17,18,19,20);5H,1-3H3. The minimum Gasteiger partial charge on any atom is -0.391 e. The van der Waals surface area contributed by atoms with Crippen molar-refractivity contribution < 1.29 is 5.11 Å². The van der Waals surface area contributed by atoms with Crippen molar-refractivity contribution in [3.63, 3.8) is 0 Å². The smallest absolute Gasteiger partial charge is 0.154 e. The zero-order valence-corrected chi connectivity index (χ0v) is 15.3. The van der Waals surface area contributed by atoms with Gasteiger partial charge in [0, 0.05) is 18.5 Å². The molecule has 0 unspecified atom stereocenters. The highest BCUT2D eigenvalue weighted by Crippen LogP contribution is 2.23. The van der Waals surface area contributed by atoms with Gasteiger partial charge < -0.3 is 10.4 Å². The fourth-order valence-corrected chi connectivity index (χ4v) is 2.01. The number of hydrogen-bond donors (Lipinski definition) is 3. The first-order valence-corrected chi connectivity index (χ1v) is 8.12. The predicted octanol–water partition coefficient (Wildman–Crippen LogP) is 4.00. The van der Waals surface area contributed by atoms with Crippen LogP contribution in [0.5, 0.6) is 0 Å². The van der Waals surface area contributed by atoms with Crippen molar-refractivity contribution >= 4 is 11.6 Å². The molecule has 0 saturated carbocycles. The molecular formula is C19H25N5O. The number of hydrogen-bond acceptors (Lipinski definition) is 5. The molecule has 0 atom stereocenters. The zero-order chi connectivity index (χ0) is 18.4. The monoisotopic (exact) mass is 339 g/mol. The number of anilines is 2. The number of aromatic amines is 1. The minimum atomic E-state index is -0.500. The summed E-state index contributed by atoms with van der Waals surface area (Å²) in [4.78, 5) is 8.66. The maximum atomic E-state index is 8.52. The Morgan fingerprint density at radius 2 is 1.60 bits per heavy atom. The number of H-pyrrole nitrogens is 1. The summed E-state index contributed by atoms with van der Waals surface area (Å²) in [6, 6.07) is 9.80. The van der Waals surface area contributed by atoms with Crippen molar-refractivity contribution in [3.05, 3.63) is 53.9 Å². The van der Waals surface area contributed by atoms with Gasteiger partial charge in [-0.3, -0.25) is 10.1 Å². The Kier molecular flexibility index (Phi) is 5.88. The normalized spacial score (nSPS) is 10.8. The van der Waals surface area contributed by atoms with Crippen molar-refractivity contribution in [3.8, 4) is 11.4 Å². The van der Waals surface area contributed by atoms with E-state index in [1.807, 2.05) is 44.2 Å². The van der Waals surface area contributed by atoms with E-state index in [0.717, 1.165) is 34.2 Å². The molecule has 3 aromatic heterocycles. The van der Waals surface area contributed by atoms with E-state index in [4.69, 9.17) is 5.11 Å². The average molecular weight is 339 g/mol. The third-order valence-corrected chi connectivity index (χ3v) is 3.10. The molecule has 6 nitrogen and oxygen atoms in total. The zero-order valence-electron chi connectivity index (χ0n) is 15.3. The molecular weight excluding hydrogens is 314 g/mol. The van der Waals surface area contributed by atoms with Crippen LogP contribution >= 0.6 is 0 Å². The lowest BCUT2D eigenvalue weighted by molar-refractivity contribution is 0.102. The molecule has 0 amide bonds. The van der Waals surface area contributed by atoms with E-state index in [1.165, 1.54) is 0 Å². The van der Waals surface area contributed by atoms with Crippen molar-refractivity contribution in [2.24, 2.45) is 0 Å². The van der Waals surface area contributed by atoms with Gasteiger partial charge >= 0.3 is 0 Å². The second-order valence-corrected chi connectivity index (χ2v) is 6.80. The fourth-order valence-electron chi connectivity index (χ4n) is 2.01. The maximum Gasteiger partial charge on any atom is 0.154 e. The maximum absolute atomic E-state index is 8.52. The third-order valence-electron chi connectivity index (χ3n) is 3.10. The Morgan fingerprint density at radius 1 is 1.00 bits per heavy atom. The summed E-state index contributed by atoms with van der Waals surface area (Å²) in [5.74, 6) is 1.54. The second-order valence-electron chi connectivity index (χ2n) is 6.80. The Bertz CT molecular complexity index is 814. The Hall–Kier alpha value is -2.73.